The third-order valence-corrected chi connectivity index (χ3v) is 6.00. The first-order chi connectivity index (χ1) is 12.5. The predicted molar refractivity (Wildman–Crippen MR) is 96.3 cm³/mol. The first-order valence-corrected chi connectivity index (χ1v) is 9.42. The highest BCUT2D eigenvalue weighted by molar-refractivity contribution is 6.01. The van der Waals surface area contributed by atoms with Gasteiger partial charge in [-0.3, -0.25) is 14.6 Å². The summed E-state index contributed by atoms with van der Waals surface area (Å²) in [5.41, 5.74) is 3.21. The molecule has 26 heavy (non-hydrogen) atoms. The number of aromatic nitrogens is 2. The van der Waals surface area contributed by atoms with E-state index in [9.17, 15) is 9.59 Å². The zero-order valence-corrected chi connectivity index (χ0v) is 15.1. The van der Waals surface area contributed by atoms with Crippen molar-refractivity contribution in [3.63, 3.8) is 0 Å². The topological polar surface area (TPSA) is 96.3 Å². The molecule has 5 rings (SSSR count). The van der Waals surface area contributed by atoms with Crippen LogP contribution < -0.4 is 10.7 Å². The van der Waals surface area contributed by atoms with Gasteiger partial charge in [0.15, 0.2) is 0 Å². The van der Waals surface area contributed by atoms with Crippen LogP contribution in [-0.4, -0.2) is 33.0 Å². The molecule has 4 fully saturated rings. The third-order valence-electron chi connectivity index (χ3n) is 6.00. The normalized spacial score (nSPS) is 32.3. The molecule has 1 aromatic heterocycles. The molecule has 2 amide bonds. The molecular weight excluding hydrogens is 330 g/mol. The number of hydrogen-bond acceptors (Lipinski definition) is 5. The molecule has 0 spiro atoms. The fourth-order valence-electron chi connectivity index (χ4n) is 5.50. The third kappa shape index (κ3) is 3.61. The van der Waals surface area contributed by atoms with Gasteiger partial charge in [0.2, 0.25) is 5.91 Å². The van der Waals surface area contributed by atoms with Gasteiger partial charge in [-0.1, -0.05) is 0 Å². The van der Waals surface area contributed by atoms with Crippen LogP contribution in [0.3, 0.4) is 0 Å². The number of amides is 2. The van der Waals surface area contributed by atoms with Crippen molar-refractivity contribution in [2.24, 2.45) is 22.9 Å². The monoisotopic (exact) mass is 355 g/mol. The van der Waals surface area contributed by atoms with Crippen LogP contribution in [0.4, 0.5) is 0 Å². The Kier molecular flexibility index (Phi) is 4.46. The van der Waals surface area contributed by atoms with E-state index in [4.69, 9.17) is 0 Å². The number of hydrazone groups is 1. The van der Waals surface area contributed by atoms with Crippen molar-refractivity contribution in [2.45, 2.75) is 57.4 Å². The number of rotatable bonds is 5. The van der Waals surface area contributed by atoms with Crippen LogP contribution in [0.5, 0.6) is 0 Å². The maximum atomic E-state index is 12.5. The summed E-state index contributed by atoms with van der Waals surface area (Å²) in [4.78, 5) is 32.2. The van der Waals surface area contributed by atoms with Crippen molar-refractivity contribution in [2.75, 3.05) is 0 Å². The summed E-state index contributed by atoms with van der Waals surface area (Å²) in [5.74, 6) is 1.95. The molecule has 4 saturated carbocycles. The molecule has 2 N–H and O–H groups in total. The van der Waals surface area contributed by atoms with Gasteiger partial charge in [0, 0.05) is 23.6 Å². The Hall–Kier alpha value is -2.31. The van der Waals surface area contributed by atoms with Crippen molar-refractivity contribution in [3.8, 4) is 0 Å². The van der Waals surface area contributed by atoms with E-state index < -0.39 is 5.91 Å². The molecule has 0 aromatic carbocycles. The van der Waals surface area contributed by atoms with Crippen LogP contribution in [0.25, 0.3) is 0 Å². The van der Waals surface area contributed by atoms with E-state index in [2.05, 4.69) is 25.8 Å². The minimum absolute atomic E-state index is 0.00181. The maximum Gasteiger partial charge on any atom is 0.291 e. The lowest BCUT2D eigenvalue weighted by atomic mass is 9.53. The minimum Gasteiger partial charge on any atom is -0.350 e. The molecule has 0 saturated heterocycles. The van der Waals surface area contributed by atoms with Crippen LogP contribution in [0.2, 0.25) is 0 Å². The lowest BCUT2D eigenvalue weighted by molar-refractivity contribution is -0.125. The summed E-state index contributed by atoms with van der Waals surface area (Å²) in [6.07, 6.45) is 12.0. The van der Waals surface area contributed by atoms with Gasteiger partial charge in [0.05, 0.1) is 12.6 Å². The number of carbonyl (C=O) groups is 2. The summed E-state index contributed by atoms with van der Waals surface area (Å²) in [7, 11) is 0. The summed E-state index contributed by atoms with van der Waals surface area (Å²) in [6.45, 7) is 1.75. The molecule has 7 heteroatoms. The van der Waals surface area contributed by atoms with Gasteiger partial charge >= 0.3 is 0 Å². The van der Waals surface area contributed by atoms with Crippen LogP contribution in [0.1, 0.15) is 62.4 Å². The maximum absolute atomic E-state index is 12.5. The van der Waals surface area contributed by atoms with Crippen LogP contribution >= 0.6 is 0 Å². The molecule has 0 unspecified atom stereocenters. The first-order valence-electron chi connectivity index (χ1n) is 9.42. The molecule has 4 aliphatic rings. The van der Waals surface area contributed by atoms with Crippen LogP contribution in [-0.2, 0) is 4.79 Å². The Morgan fingerprint density at radius 2 is 1.81 bits per heavy atom. The molecular formula is C19H25N5O2. The lowest BCUT2D eigenvalue weighted by Gasteiger charge is -2.56. The second-order valence-corrected chi connectivity index (χ2v) is 8.30. The van der Waals surface area contributed by atoms with E-state index >= 15 is 0 Å². The van der Waals surface area contributed by atoms with Crippen LogP contribution in [0.15, 0.2) is 23.7 Å². The smallest absolute Gasteiger partial charge is 0.291 e. The number of nitrogens with one attached hydrogen (secondary N) is 2. The predicted octanol–water partition coefficient (Wildman–Crippen LogP) is 2.06. The summed E-state index contributed by atoms with van der Waals surface area (Å²) >= 11 is 0. The minimum atomic E-state index is -0.432. The average Bonchev–Trinajstić information content (AvgIpc) is 2.58. The number of hydrogen-bond donors (Lipinski definition) is 2. The van der Waals surface area contributed by atoms with Crippen molar-refractivity contribution < 1.29 is 9.59 Å². The van der Waals surface area contributed by atoms with Crippen molar-refractivity contribution >= 4 is 17.5 Å². The van der Waals surface area contributed by atoms with Gasteiger partial charge in [-0.25, -0.2) is 10.4 Å². The van der Waals surface area contributed by atoms with E-state index in [0.29, 0.717) is 5.71 Å². The molecule has 0 aliphatic heterocycles. The number of nitrogens with zero attached hydrogens (tertiary/aromatic N) is 3. The van der Waals surface area contributed by atoms with E-state index in [1.807, 2.05) is 0 Å². The molecule has 0 atom stereocenters. The van der Waals surface area contributed by atoms with E-state index in [1.165, 1.54) is 37.9 Å². The van der Waals surface area contributed by atoms with Gasteiger partial charge in [-0.15, -0.1) is 0 Å². The first kappa shape index (κ1) is 17.1. The van der Waals surface area contributed by atoms with Crippen LogP contribution in [0, 0.1) is 17.8 Å². The SMILES string of the molecule is C/C(CC(=O)NC12CC3CC(CC(C3)C1)C2)=N/NC(=O)c1cnccn1. The summed E-state index contributed by atoms with van der Waals surface area (Å²) in [6, 6.07) is 0. The highest BCUT2D eigenvalue weighted by Gasteiger charge is 2.51. The van der Waals surface area contributed by atoms with Gasteiger partial charge < -0.3 is 5.32 Å². The van der Waals surface area contributed by atoms with E-state index in [1.54, 1.807) is 6.92 Å². The Morgan fingerprint density at radius 1 is 1.15 bits per heavy atom. The lowest BCUT2D eigenvalue weighted by Crippen LogP contribution is -2.60. The quantitative estimate of drug-likeness (QED) is 0.624. The summed E-state index contributed by atoms with van der Waals surface area (Å²) < 4.78 is 0. The zero-order valence-electron chi connectivity index (χ0n) is 15.1. The Labute approximate surface area is 153 Å². The molecule has 1 heterocycles. The van der Waals surface area contributed by atoms with Gasteiger partial charge in [0.25, 0.3) is 5.91 Å². The van der Waals surface area contributed by atoms with E-state index in [-0.39, 0.29) is 23.6 Å². The fourth-order valence-corrected chi connectivity index (χ4v) is 5.50. The Balaban J connectivity index is 1.31. The van der Waals surface area contributed by atoms with Crippen molar-refractivity contribution in [1.82, 2.24) is 20.7 Å². The largest absolute Gasteiger partial charge is 0.350 e. The van der Waals surface area contributed by atoms with Gasteiger partial charge in [-0.05, 0) is 63.2 Å². The fraction of sp³-hybridized carbons (Fsp3) is 0.632. The van der Waals surface area contributed by atoms with Gasteiger partial charge in [-0.2, -0.15) is 5.10 Å². The molecule has 1 aromatic rings. The molecule has 138 valence electrons. The van der Waals surface area contributed by atoms with Gasteiger partial charge in [0.1, 0.15) is 5.69 Å². The molecule has 7 nitrogen and oxygen atoms in total. The highest BCUT2D eigenvalue weighted by atomic mass is 16.2. The number of carbonyl (C=O) groups excluding carboxylic acids is 2. The Bertz CT molecular complexity index is 695. The Morgan fingerprint density at radius 3 is 2.38 bits per heavy atom. The highest BCUT2D eigenvalue weighted by Crippen LogP contribution is 2.55. The molecule has 4 aliphatic carbocycles. The summed E-state index contributed by atoms with van der Waals surface area (Å²) in [5, 5.41) is 7.34. The standard InChI is InChI=1S/C19H25N5O2/c1-12(23-24-18(26)16-11-20-2-3-21-16)4-17(25)22-19-8-13-5-14(9-19)7-15(6-13)10-19/h2-3,11,13-15H,4-10H2,1H3,(H,22,25)(H,24,26)/b23-12-. The van der Waals surface area contributed by atoms with E-state index in [0.717, 1.165) is 37.0 Å². The second-order valence-electron chi connectivity index (χ2n) is 8.30. The second kappa shape index (κ2) is 6.78. The average molecular weight is 355 g/mol. The van der Waals surface area contributed by atoms with Crippen molar-refractivity contribution in [3.05, 3.63) is 24.3 Å². The molecule has 4 bridgehead atoms. The zero-order chi connectivity index (χ0) is 18.1. The van der Waals surface area contributed by atoms with Crippen molar-refractivity contribution in [1.29, 1.82) is 0 Å². The molecule has 0 radical (unpaired) electrons.